The molecule has 4 heterocycles. The average Bonchev–Trinajstić information content (AvgIpc) is 3.00. The normalized spacial score (nSPS) is 14.0. The van der Waals surface area contributed by atoms with Crippen molar-refractivity contribution in [3.63, 3.8) is 0 Å². The maximum Gasteiger partial charge on any atom is 0.281 e. The van der Waals surface area contributed by atoms with Crippen LogP contribution in [0.5, 0.6) is 0 Å². The molecule has 1 fully saturated rings. The average molecular weight is 618 g/mol. The second kappa shape index (κ2) is 12.5. The standard InChI is InChI=1S/C30H32ClN9O2S/c1-17-12-21(19(3)34-23-6-7-24(31)35-26(23)28(41)37-43-5)25-22(13-17)29(42)38(4)30(36-25)40-10-8-39(9-11-40)27-18(2)14-20(15-32)16-33-27/h6-7,12-14,16,19,34H,8-11H2,1-5H3,(H,37,41)/t19-/m1/s1. The molecular weight excluding hydrogens is 586 g/mol. The second-order valence-corrected chi connectivity index (χ2v) is 11.5. The molecule has 0 bridgehead atoms. The molecule has 13 heteroatoms. The maximum absolute atomic E-state index is 13.7. The number of hydrogen-bond acceptors (Lipinski definition) is 10. The number of rotatable bonds is 7. The molecule has 4 aromatic rings. The quantitative estimate of drug-likeness (QED) is 0.227. The zero-order valence-electron chi connectivity index (χ0n) is 24.6. The van der Waals surface area contributed by atoms with Gasteiger partial charge in [-0.15, -0.1) is 0 Å². The van der Waals surface area contributed by atoms with E-state index >= 15 is 0 Å². The number of carbonyl (C=O) groups excluding carboxylic acids is 1. The molecule has 2 N–H and O–H groups in total. The van der Waals surface area contributed by atoms with Crippen molar-refractivity contribution >= 4 is 57.8 Å². The van der Waals surface area contributed by atoms with Crippen molar-refractivity contribution in [1.29, 1.82) is 5.26 Å². The number of nitriles is 1. The number of nitrogens with zero attached hydrogens (tertiary/aromatic N) is 7. The maximum atomic E-state index is 13.7. The topological polar surface area (TPSA) is 132 Å². The van der Waals surface area contributed by atoms with Gasteiger partial charge >= 0.3 is 0 Å². The Kier molecular flexibility index (Phi) is 8.75. The lowest BCUT2D eigenvalue weighted by atomic mass is 10.0. The van der Waals surface area contributed by atoms with Crippen LogP contribution in [0.3, 0.4) is 0 Å². The van der Waals surface area contributed by atoms with Crippen LogP contribution in [-0.4, -0.2) is 57.9 Å². The Morgan fingerprint density at radius 1 is 1.12 bits per heavy atom. The Morgan fingerprint density at radius 3 is 2.51 bits per heavy atom. The number of aryl methyl sites for hydroxylation is 2. The van der Waals surface area contributed by atoms with E-state index in [0.29, 0.717) is 54.3 Å². The van der Waals surface area contributed by atoms with Crippen molar-refractivity contribution in [3.8, 4) is 6.07 Å². The highest BCUT2D eigenvalue weighted by Gasteiger charge is 2.25. The van der Waals surface area contributed by atoms with Crippen LogP contribution < -0.4 is 25.4 Å². The van der Waals surface area contributed by atoms with Gasteiger partial charge in [0.1, 0.15) is 17.0 Å². The summed E-state index contributed by atoms with van der Waals surface area (Å²) in [6.07, 6.45) is 3.35. The van der Waals surface area contributed by atoms with Crippen LogP contribution >= 0.6 is 23.5 Å². The molecule has 0 saturated carbocycles. The van der Waals surface area contributed by atoms with Crippen LogP contribution in [0, 0.1) is 25.2 Å². The van der Waals surface area contributed by atoms with Crippen molar-refractivity contribution < 1.29 is 4.79 Å². The van der Waals surface area contributed by atoms with Crippen LogP contribution in [0.4, 0.5) is 17.5 Å². The highest BCUT2D eigenvalue weighted by molar-refractivity contribution is 7.97. The van der Waals surface area contributed by atoms with Gasteiger partial charge in [0.2, 0.25) is 5.95 Å². The molecule has 1 atom stereocenters. The fourth-order valence-corrected chi connectivity index (χ4v) is 5.84. The zero-order chi connectivity index (χ0) is 30.8. The molecular formula is C30H32ClN9O2S. The first-order valence-electron chi connectivity index (χ1n) is 13.8. The van der Waals surface area contributed by atoms with E-state index in [4.69, 9.17) is 16.6 Å². The number of aromatic nitrogens is 4. The number of anilines is 3. The van der Waals surface area contributed by atoms with Gasteiger partial charge in [-0.1, -0.05) is 29.6 Å². The van der Waals surface area contributed by atoms with Crippen LogP contribution in [0.2, 0.25) is 5.15 Å². The highest BCUT2D eigenvalue weighted by Crippen LogP contribution is 2.30. The predicted molar refractivity (Wildman–Crippen MR) is 172 cm³/mol. The number of benzene rings is 1. The van der Waals surface area contributed by atoms with E-state index in [1.165, 1.54) is 11.9 Å². The molecule has 1 aromatic carbocycles. The Labute approximate surface area is 259 Å². The summed E-state index contributed by atoms with van der Waals surface area (Å²) in [5.41, 5.74) is 4.43. The molecule has 1 aliphatic heterocycles. The summed E-state index contributed by atoms with van der Waals surface area (Å²) in [5.74, 6) is 1.09. The van der Waals surface area contributed by atoms with Gasteiger partial charge in [-0.05, 0) is 56.2 Å². The van der Waals surface area contributed by atoms with E-state index in [9.17, 15) is 14.9 Å². The number of fused-ring (bicyclic) bond motifs is 1. The van der Waals surface area contributed by atoms with Gasteiger partial charge in [0.15, 0.2) is 5.69 Å². The molecule has 0 aliphatic carbocycles. The van der Waals surface area contributed by atoms with Crippen molar-refractivity contribution in [3.05, 3.63) is 80.0 Å². The van der Waals surface area contributed by atoms with Crippen molar-refractivity contribution in [2.45, 2.75) is 26.8 Å². The summed E-state index contributed by atoms with van der Waals surface area (Å²) in [6.45, 7) is 8.54. The van der Waals surface area contributed by atoms with Gasteiger partial charge < -0.3 is 15.1 Å². The minimum Gasteiger partial charge on any atom is -0.377 e. The number of hydrogen-bond donors (Lipinski definition) is 2. The van der Waals surface area contributed by atoms with E-state index < -0.39 is 0 Å². The molecule has 1 saturated heterocycles. The van der Waals surface area contributed by atoms with E-state index in [2.05, 4.69) is 35.9 Å². The fourth-order valence-electron chi connectivity index (χ4n) is 5.41. The predicted octanol–water partition coefficient (Wildman–Crippen LogP) is 4.37. The molecule has 5 rings (SSSR count). The third kappa shape index (κ3) is 6.09. The molecule has 222 valence electrons. The summed E-state index contributed by atoms with van der Waals surface area (Å²) in [6, 6.07) is 10.9. The number of nitrogens with one attached hydrogen (secondary N) is 2. The molecule has 0 spiro atoms. The molecule has 3 aromatic heterocycles. The summed E-state index contributed by atoms with van der Waals surface area (Å²) in [4.78, 5) is 44.5. The van der Waals surface area contributed by atoms with Gasteiger partial charge in [0.25, 0.3) is 11.5 Å². The molecule has 0 radical (unpaired) electrons. The smallest absolute Gasteiger partial charge is 0.281 e. The van der Waals surface area contributed by atoms with E-state index in [1.54, 1.807) is 36.2 Å². The molecule has 1 aliphatic rings. The Morgan fingerprint density at radius 2 is 1.84 bits per heavy atom. The Balaban J connectivity index is 1.47. The number of pyridine rings is 2. The summed E-state index contributed by atoms with van der Waals surface area (Å²) >= 11 is 7.28. The molecule has 11 nitrogen and oxygen atoms in total. The number of piperazine rings is 1. The first-order valence-corrected chi connectivity index (χ1v) is 15.4. The number of halogens is 1. The highest BCUT2D eigenvalue weighted by atomic mass is 35.5. The molecule has 0 unspecified atom stereocenters. The Bertz CT molecular complexity index is 1810. The second-order valence-electron chi connectivity index (χ2n) is 10.5. The third-order valence-corrected chi connectivity index (χ3v) is 8.08. The van der Waals surface area contributed by atoms with Gasteiger partial charge in [0, 0.05) is 51.2 Å². The monoisotopic (exact) mass is 617 g/mol. The van der Waals surface area contributed by atoms with Gasteiger partial charge in [-0.2, -0.15) is 5.26 Å². The first kappa shape index (κ1) is 30.1. The van der Waals surface area contributed by atoms with Crippen LogP contribution in [0.15, 0.2) is 41.3 Å². The third-order valence-electron chi connectivity index (χ3n) is 7.48. The lowest BCUT2D eigenvalue weighted by molar-refractivity contribution is 0.0980. The lowest BCUT2D eigenvalue weighted by Crippen LogP contribution is -2.48. The largest absolute Gasteiger partial charge is 0.377 e. The van der Waals surface area contributed by atoms with Gasteiger partial charge in [0.05, 0.1) is 28.2 Å². The first-order chi connectivity index (χ1) is 20.6. The minimum atomic E-state index is -0.362. The summed E-state index contributed by atoms with van der Waals surface area (Å²) < 4.78 is 4.30. The van der Waals surface area contributed by atoms with Gasteiger partial charge in [-0.25, -0.2) is 15.0 Å². The van der Waals surface area contributed by atoms with Crippen molar-refractivity contribution in [1.82, 2.24) is 24.2 Å². The van der Waals surface area contributed by atoms with E-state index in [1.807, 2.05) is 39.0 Å². The SMILES string of the molecule is CSNC(=O)c1nc(Cl)ccc1N[C@H](C)c1cc(C)cc2c(=O)n(C)c(N3CCN(c4ncc(C#N)cc4C)CC3)nc12. The van der Waals surface area contributed by atoms with Crippen LogP contribution in [0.25, 0.3) is 10.9 Å². The van der Waals surface area contributed by atoms with E-state index in [0.717, 1.165) is 22.5 Å². The van der Waals surface area contributed by atoms with Crippen molar-refractivity contribution in [2.24, 2.45) is 7.05 Å². The van der Waals surface area contributed by atoms with Gasteiger partial charge in [-0.3, -0.25) is 18.9 Å². The lowest BCUT2D eigenvalue weighted by Gasteiger charge is -2.37. The minimum absolute atomic E-state index is 0.127. The Hall–Kier alpha value is -4.34. The van der Waals surface area contributed by atoms with E-state index in [-0.39, 0.29) is 28.4 Å². The molecule has 1 amide bonds. The summed E-state index contributed by atoms with van der Waals surface area (Å²) in [5, 5.41) is 13.3. The zero-order valence-corrected chi connectivity index (χ0v) is 26.2. The molecule has 43 heavy (non-hydrogen) atoms. The van der Waals surface area contributed by atoms with Crippen molar-refractivity contribution in [2.75, 3.05) is 47.6 Å². The summed E-state index contributed by atoms with van der Waals surface area (Å²) in [7, 11) is 1.75. The van der Waals surface area contributed by atoms with Crippen LogP contribution in [0.1, 0.15) is 45.7 Å². The van der Waals surface area contributed by atoms with Crippen LogP contribution in [-0.2, 0) is 7.05 Å². The number of amides is 1. The fraction of sp³-hybridized carbons (Fsp3) is 0.333. The number of carbonyl (C=O) groups is 1.